The van der Waals surface area contributed by atoms with E-state index in [0.29, 0.717) is 13.2 Å². The molecular formula is C29H43NO4Si. The molecule has 0 radical (unpaired) electrons. The first kappa shape index (κ1) is 27.4. The van der Waals surface area contributed by atoms with E-state index in [2.05, 4.69) is 69.3 Å². The lowest BCUT2D eigenvalue weighted by Gasteiger charge is -2.44. The second-order valence-electron chi connectivity index (χ2n) is 11.8. The Labute approximate surface area is 212 Å². The van der Waals surface area contributed by atoms with Crippen LogP contribution in [0, 0.1) is 0 Å². The highest BCUT2D eigenvalue weighted by Crippen LogP contribution is 2.37. The molecule has 0 bridgehead atoms. The molecule has 3 rings (SSSR count). The summed E-state index contributed by atoms with van der Waals surface area (Å²) >= 11 is 0. The predicted molar refractivity (Wildman–Crippen MR) is 145 cm³/mol. The van der Waals surface area contributed by atoms with E-state index in [4.69, 9.17) is 13.9 Å². The first-order chi connectivity index (χ1) is 16.3. The molecule has 1 aliphatic rings. The molecule has 2 atom stereocenters. The van der Waals surface area contributed by atoms with Gasteiger partial charge in [0.1, 0.15) is 5.60 Å². The van der Waals surface area contributed by atoms with Crippen LogP contribution in [0.15, 0.2) is 60.7 Å². The van der Waals surface area contributed by atoms with Crippen LogP contribution < -0.4 is 10.4 Å². The van der Waals surface area contributed by atoms with Crippen molar-refractivity contribution in [3.8, 4) is 0 Å². The van der Waals surface area contributed by atoms with Gasteiger partial charge in [-0.05, 0) is 56.5 Å². The summed E-state index contributed by atoms with van der Waals surface area (Å²) in [5.74, 6) is 0. The number of benzene rings is 2. The van der Waals surface area contributed by atoms with Crippen LogP contribution in [0.3, 0.4) is 0 Å². The van der Waals surface area contributed by atoms with Gasteiger partial charge in [-0.3, -0.25) is 0 Å². The lowest BCUT2D eigenvalue weighted by atomic mass is 10.2. The number of amides is 1. The lowest BCUT2D eigenvalue weighted by molar-refractivity contribution is 0.00279. The Morgan fingerprint density at radius 3 is 1.89 bits per heavy atom. The molecule has 6 heteroatoms. The number of ether oxygens (including phenoxy) is 2. The maximum Gasteiger partial charge on any atom is 0.410 e. The molecule has 1 heterocycles. The SMILES string of the molecule is CC(C)O[C@@H]1C[C@@H](CO[Si](c2ccccc2)(c2ccccc2)C(C)(C)C)N(C(=O)OC(C)(C)C)C1. The largest absolute Gasteiger partial charge is 0.444 e. The Hall–Kier alpha value is -2.15. The summed E-state index contributed by atoms with van der Waals surface area (Å²) in [4.78, 5) is 15.0. The van der Waals surface area contributed by atoms with E-state index in [0.717, 1.165) is 6.42 Å². The second-order valence-corrected chi connectivity index (χ2v) is 16.1. The predicted octanol–water partition coefficient (Wildman–Crippen LogP) is 5.37. The molecule has 0 aromatic heterocycles. The number of likely N-dealkylation sites (tertiary alicyclic amines) is 1. The Balaban J connectivity index is 1.97. The summed E-state index contributed by atoms with van der Waals surface area (Å²) in [6.45, 7) is 17.5. The standard InChI is InChI=1S/C29H43NO4Si/c1-22(2)33-24-19-23(30(20-24)27(31)34-28(3,4)5)21-32-35(29(6,7)8,25-15-11-9-12-16-25)26-17-13-10-14-18-26/h9-18,22-24H,19-21H2,1-8H3/t23-,24+/m0/s1. The van der Waals surface area contributed by atoms with Crippen LogP contribution >= 0.6 is 0 Å². The minimum Gasteiger partial charge on any atom is -0.444 e. The van der Waals surface area contributed by atoms with Crippen LogP contribution in [0.25, 0.3) is 0 Å². The molecule has 0 unspecified atom stereocenters. The van der Waals surface area contributed by atoms with Gasteiger partial charge in [-0.25, -0.2) is 4.79 Å². The quantitative estimate of drug-likeness (QED) is 0.483. The maximum absolute atomic E-state index is 13.2. The second kappa shape index (κ2) is 10.9. The average molecular weight is 498 g/mol. The van der Waals surface area contributed by atoms with Crippen molar-refractivity contribution in [2.24, 2.45) is 0 Å². The molecule has 1 amide bonds. The Kier molecular flexibility index (Phi) is 8.51. The average Bonchev–Trinajstić information content (AvgIpc) is 3.16. The topological polar surface area (TPSA) is 48.0 Å². The van der Waals surface area contributed by atoms with Gasteiger partial charge in [-0.2, -0.15) is 0 Å². The molecule has 192 valence electrons. The first-order valence-corrected chi connectivity index (χ1v) is 14.6. The van der Waals surface area contributed by atoms with Gasteiger partial charge in [-0.15, -0.1) is 0 Å². The van der Waals surface area contributed by atoms with E-state index in [1.165, 1.54) is 10.4 Å². The Bertz CT molecular complexity index is 911. The first-order valence-electron chi connectivity index (χ1n) is 12.7. The number of carbonyl (C=O) groups is 1. The van der Waals surface area contributed by atoms with Crippen molar-refractivity contribution in [1.82, 2.24) is 4.90 Å². The number of hydrogen-bond acceptors (Lipinski definition) is 4. The van der Waals surface area contributed by atoms with Crippen LogP contribution in [-0.4, -0.2) is 56.3 Å². The van der Waals surface area contributed by atoms with Crippen molar-refractivity contribution in [3.63, 3.8) is 0 Å². The minimum absolute atomic E-state index is 0.0322. The van der Waals surface area contributed by atoms with Crippen molar-refractivity contribution in [2.45, 2.75) is 90.7 Å². The fraction of sp³-hybridized carbons (Fsp3) is 0.552. The lowest BCUT2D eigenvalue weighted by Crippen LogP contribution is -2.67. The fourth-order valence-electron chi connectivity index (χ4n) is 5.04. The third-order valence-corrected chi connectivity index (χ3v) is 11.4. The molecule has 1 saturated heterocycles. The van der Waals surface area contributed by atoms with Crippen LogP contribution in [0.1, 0.15) is 61.8 Å². The van der Waals surface area contributed by atoms with Gasteiger partial charge in [0.25, 0.3) is 8.32 Å². The van der Waals surface area contributed by atoms with Gasteiger partial charge >= 0.3 is 6.09 Å². The number of hydrogen-bond donors (Lipinski definition) is 0. The van der Waals surface area contributed by atoms with Gasteiger partial charge in [0.2, 0.25) is 0 Å². The van der Waals surface area contributed by atoms with E-state index in [9.17, 15) is 4.79 Å². The zero-order valence-electron chi connectivity index (χ0n) is 22.7. The summed E-state index contributed by atoms with van der Waals surface area (Å²) in [6, 6.07) is 21.1. The highest BCUT2D eigenvalue weighted by atomic mass is 28.4. The van der Waals surface area contributed by atoms with Crippen LogP contribution in [-0.2, 0) is 13.9 Å². The minimum atomic E-state index is -2.70. The fourth-order valence-corrected chi connectivity index (χ4v) is 9.64. The maximum atomic E-state index is 13.2. The van der Waals surface area contributed by atoms with Crippen molar-refractivity contribution in [2.75, 3.05) is 13.2 Å². The van der Waals surface area contributed by atoms with E-state index >= 15 is 0 Å². The highest BCUT2D eigenvalue weighted by Gasteiger charge is 2.51. The summed E-state index contributed by atoms with van der Waals surface area (Å²) in [5.41, 5.74) is -0.558. The third kappa shape index (κ3) is 6.54. The van der Waals surface area contributed by atoms with Gasteiger partial charge in [-0.1, -0.05) is 81.4 Å². The van der Waals surface area contributed by atoms with Gasteiger partial charge in [0.05, 0.1) is 31.4 Å². The molecule has 2 aromatic rings. The van der Waals surface area contributed by atoms with Crippen molar-refractivity contribution >= 4 is 24.8 Å². The number of carbonyl (C=O) groups excluding carboxylic acids is 1. The molecule has 0 saturated carbocycles. The summed E-state index contributed by atoms with van der Waals surface area (Å²) in [6.07, 6.45) is 0.492. The van der Waals surface area contributed by atoms with Gasteiger partial charge < -0.3 is 18.8 Å². The van der Waals surface area contributed by atoms with Gasteiger partial charge in [0, 0.05) is 0 Å². The molecular weight excluding hydrogens is 454 g/mol. The highest BCUT2D eigenvalue weighted by molar-refractivity contribution is 6.99. The Morgan fingerprint density at radius 1 is 0.943 bits per heavy atom. The van der Waals surface area contributed by atoms with E-state index in [1.54, 1.807) is 0 Å². The van der Waals surface area contributed by atoms with Crippen LogP contribution in [0.4, 0.5) is 4.79 Å². The molecule has 1 fully saturated rings. The molecule has 0 spiro atoms. The summed E-state index contributed by atoms with van der Waals surface area (Å²) < 4.78 is 19.0. The van der Waals surface area contributed by atoms with Crippen LogP contribution in [0.5, 0.6) is 0 Å². The normalized spacial score (nSPS) is 19.3. The number of rotatable bonds is 7. The van der Waals surface area contributed by atoms with Gasteiger partial charge in [0.15, 0.2) is 0 Å². The van der Waals surface area contributed by atoms with Crippen LogP contribution in [0.2, 0.25) is 5.04 Å². The monoisotopic (exact) mass is 497 g/mol. The van der Waals surface area contributed by atoms with E-state index < -0.39 is 13.9 Å². The molecule has 0 N–H and O–H groups in total. The summed E-state index contributed by atoms with van der Waals surface area (Å²) in [5, 5.41) is 2.34. The number of nitrogens with zero attached hydrogens (tertiary/aromatic N) is 1. The third-order valence-electron chi connectivity index (χ3n) is 6.38. The molecule has 1 aliphatic heterocycles. The van der Waals surface area contributed by atoms with Crippen molar-refractivity contribution < 1.29 is 18.7 Å². The molecule has 2 aromatic carbocycles. The molecule has 0 aliphatic carbocycles. The van der Waals surface area contributed by atoms with E-state index in [-0.39, 0.29) is 29.4 Å². The zero-order valence-corrected chi connectivity index (χ0v) is 23.7. The van der Waals surface area contributed by atoms with E-state index in [1.807, 2.05) is 51.7 Å². The van der Waals surface area contributed by atoms with Crippen molar-refractivity contribution in [1.29, 1.82) is 0 Å². The summed E-state index contributed by atoms with van der Waals surface area (Å²) in [7, 11) is -2.70. The Morgan fingerprint density at radius 2 is 1.46 bits per heavy atom. The smallest absolute Gasteiger partial charge is 0.410 e. The zero-order chi connectivity index (χ0) is 25.9. The van der Waals surface area contributed by atoms with Crippen molar-refractivity contribution in [3.05, 3.63) is 60.7 Å². The molecule has 5 nitrogen and oxygen atoms in total. The molecule has 35 heavy (non-hydrogen) atoms.